The van der Waals surface area contributed by atoms with Crippen molar-refractivity contribution in [3.8, 4) is 23.0 Å². The summed E-state index contributed by atoms with van der Waals surface area (Å²) in [5.41, 5.74) is 1.85. The molecule has 0 aliphatic rings. The summed E-state index contributed by atoms with van der Waals surface area (Å²) in [5, 5.41) is 19.8. The van der Waals surface area contributed by atoms with Crippen molar-refractivity contribution in [1.82, 2.24) is 0 Å². The number of hydrogen-bond donors (Lipinski definition) is 2. The Bertz CT molecular complexity index is 983. The Balaban J connectivity index is 2.11. The fourth-order valence-electron chi connectivity index (χ4n) is 4.12. The molecule has 192 valence electrons. The van der Waals surface area contributed by atoms with Crippen molar-refractivity contribution >= 4 is 11.8 Å². The fourth-order valence-corrected chi connectivity index (χ4v) is 4.12. The maximum absolute atomic E-state index is 13.1. The molecule has 0 saturated carbocycles. The van der Waals surface area contributed by atoms with Gasteiger partial charge in [0.1, 0.15) is 11.9 Å². The molecule has 7 nitrogen and oxygen atoms in total. The molecule has 0 amide bonds. The first kappa shape index (κ1) is 28.0. The van der Waals surface area contributed by atoms with Gasteiger partial charge in [0.15, 0.2) is 23.0 Å². The Hall–Kier alpha value is -3.22. The van der Waals surface area contributed by atoms with E-state index in [1.54, 1.807) is 30.3 Å². The number of aryl methyl sites for hydroxylation is 1. The number of Topliss-reactive ketones (excluding diaryl/α,β-unsaturated/α-hetero) is 1. The van der Waals surface area contributed by atoms with Crippen LogP contribution in [0.25, 0.3) is 0 Å². The Morgan fingerprint density at radius 2 is 1.49 bits per heavy atom. The summed E-state index contributed by atoms with van der Waals surface area (Å²) in [6, 6.07) is 10.3. The highest BCUT2D eigenvalue weighted by molar-refractivity contribution is 5.80. The number of phenols is 2. The molecule has 0 aliphatic heterocycles. The van der Waals surface area contributed by atoms with E-state index < -0.39 is 12.1 Å². The van der Waals surface area contributed by atoms with E-state index in [-0.39, 0.29) is 29.6 Å². The Morgan fingerprint density at radius 3 is 2.09 bits per heavy atom. The lowest BCUT2D eigenvalue weighted by Crippen LogP contribution is -2.22. The van der Waals surface area contributed by atoms with Crippen molar-refractivity contribution in [2.24, 2.45) is 5.92 Å². The number of esters is 1. The first-order chi connectivity index (χ1) is 16.6. The third-order valence-corrected chi connectivity index (χ3v) is 6.03. The molecule has 7 heteroatoms. The fraction of sp³-hybridized carbons (Fsp3) is 0.500. The zero-order valence-electron chi connectivity index (χ0n) is 21.4. The average molecular weight is 487 g/mol. The van der Waals surface area contributed by atoms with Gasteiger partial charge in [-0.2, -0.15) is 0 Å². The van der Waals surface area contributed by atoms with Crippen LogP contribution in [0.3, 0.4) is 0 Å². The number of rotatable bonds is 14. The van der Waals surface area contributed by atoms with Crippen LogP contribution in [-0.4, -0.2) is 42.3 Å². The molecule has 35 heavy (non-hydrogen) atoms. The van der Waals surface area contributed by atoms with E-state index in [2.05, 4.69) is 13.8 Å². The molecule has 0 aliphatic carbocycles. The van der Waals surface area contributed by atoms with Crippen LogP contribution in [0.1, 0.15) is 69.9 Å². The zero-order chi connectivity index (χ0) is 26.0. The molecule has 0 radical (unpaired) electrons. The van der Waals surface area contributed by atoms with Crippen LogP contribution in [0.4, 0.5) is 0 Å². The second-order valence-corrected chi connectivity index (χ2v) is 9.32. The molecule has 2 aromatic carbocycles. The predicted octanol–water partition coefficient (Wildman–Crippen LogP) is 5.55. The molecular weight excluding hydrogens is 448 g/mol. The van der Waals surface area contributed by atoms with Crippen molar-refractivity contribution in [1.29, 1.82) is 0 Å². The van der Waals surface area contributed by atoms with Gasteiger partial charge >= 0.3 is 5.97 Å². The molecule has 2 unspecified atom stereocenters. The van der Waals surface area contributed by atoms with Gasteiger partial charge in [0, 0.05) is 19.8 Å². The van der Waals surface area contributed by atoms with E-state index in [1.165, 1.54) is 21.1 Å². The normalized spacial score (nSPS) is 12.7. The largest absolute Gasteiger partial charge is 0.504 e. The van der Waals surface area contributed by atoms with E-state index in [4.69, 9.17) is 14.2 Å². The number of carbonyl (C=O) groups is 2. The van der Waals surface area contributed by atoms with E-state index in [1.807, 2.05) is 6.07 Å². The highest BCUT2D eigenvalue weighted by Gasteiger charge is 2.22. The number of carbonyl (C=O) groups excluding carboxylic acids is 2. The number of phenolic OH excluding ortho intramolecular Hbond substituents is 2. The van der Waals surface area contributed by atoms with Crippen molar-refractivity contribution in [3.05, 3.63) is 47.5 Å². The van der Waals surface area contributed by atoms with Crippen LogP contribution in [-0.2, 0) is 20.7 Å². The first-order valence-electron chi connectivity index (χ1n) is 12.0. The van der Waals surface area contributed by atoms with Crippen molar-refractivity contribution in [2.45, 2.75) is 71.3 Å². The highest BCUT2D eigenvalue weighted by atomic mass is 16.5. The van der Waals surface area contributed by atoms with Crippen molar-refractivity contribution < 1.29 is 34.0 Å². The third kappa shape index (κ3) is 9.15. The lowest BCUT2D eigenvalue weighted by atomic mass is 9.86. The van der Waals surface area contributed by atoms with E-state index in [0.29, 0.717) is 36.7 Å². The minimum Gasteiger partial charge on any atom is -0.504 e. The second kappa shape index (κ2) is 13.6. The summed E-state index contributed by atoms with van der Waals surface area (Å²) in [6.07, 6.45) is 2.71. The molecule has 0 spiro atoms. The number of ketones is 1. The molecule has 2 rings (SSSR count). The summed E-state index contributed by atoms with van der Waals surface area (Å²) in [7, 11) is 2.99. The third-order valence-electron chi connectivity index (χ3n) is 6.03. The van der Waals surface area contributed by atoms with Gasteiger partial charge in [-0.25, -0.2) is 0 Å². The number of methoxy groups -OCH3 is 2. The van der Waals surface area contributed by atoms with Crippen LogP contribution in [0, 0.1) is 5.92 Å². The SMILES string of the molecule is COc1cc(CCC(CC(=O)CC(CCC(C)C)c2ccc(O)c(OC)c2)OC(C)=O)ccc1O. The minimum atomic E-state index is -0.542. The van der Waals surface area contributed by atoms with Crippen LogP contribution in [0.2, 0.25) is 0 Å². The summed E-state index contributed by atoms with van der Waals surface area (Å²) in [4.78, 5) is 24.8. The maximum atomic E-state index is 13.1. The summed E-state index contributed by atoms with van der Waals surface area (Å²) in [5.74, 6) is 0.922. The minimum absolute atomic E-state index is 0.0142. The Labute approximate surface area is 208 Å². The van der Waals surface area contributed by atoms with Crippen LogP contribution in [0.5, 0.6) is 23.0 Å². The number of hydrogen-bond acceptors (Lipinski definition) is 7. The lowest BCUT2D eigenvalue weighted by Gasteiger charge is -2.21. The number of benzene rings is 2. The molecule has 2 aromatic rings. The first-order valence-corrected chi connectivity index (χ1v) is 12.0. The molecule has 0 aromatic heterocycles. The summed E-state index contributed by atoms with van der Waals surface area (Å²) in [6.45, 7) is 5.63. The van der Waals surface area contributed by atoms with E-state index in [0.717, 1.165) is 24.0 Å². The van der Waals surface area contributed by atoms with Gasteiger partial charge in [-0.05, 0) is 66.5 Å². The average Bonchev–Trinajstić information content (AvgIpc) is 2.81. The molecule has 2 atom stereocenters. The molecule has 0 fully saturated rings. The number of aromatic hydroxyl groups is 2. The quantitative estimate of drug-likeness (QED) is 0.338. The molecular formula is C28H38O7. The second-order valence-electron chi connectivity index (χ2n) is 9.32. The van der Waals surface area contributed by atoms with Gasteiger partial charge < -0.3 is 24.4 Å². The van der Waals surface area contributed by atoms with Crippen molar-refractivity contribution in [3.63, 3.8) is 0 Å². The summed E-state index contributed by atoms with van der Waals surface area (Å²) < 4.78 is 15.9. The molecule has 0 heterocycles. The highest BCUT2D eigenvalue weighted by Crippen LogP contribution is 2.34. The van der Waals surface area contributed by atoms with E-state index in [9.17, 15) is 19.8 Å². The Kier molecular flexibility index (Phi) is 10.9. The monoisotopic (exact) mass is 486 g/mol. The predicted molar refractivity (Wildman–Crippen MR) is 134 cm³/mol. The summed E-state index contributed by atoms with van der Waals surface area (Å²) >= 11 is 0. The smallest absolute Gasteiger partial charge is 0.302 e. The van der Waals surface area contributed by atoms with Crippen LogP contribution >= 0.6 is 0 Å². The van der Waals surface area contributed by atoms with Gasteiger partial charge in [-0.3, -0.25) is 9.59 Å². The zero-order valence-corrected chi connectivity index (χ0v) is 21.4. The topological polar surface area (TPSA) is 102 Å². The molecule has 0 saturated heterocycles. The molecule has 2 N–H and O–H groups in total. The van der Waals surface area contributed by atoms with Crippen molar-refractivity contribution in [2.75, 3.05) is 14.2 Å². The van der Waals surface area contributed by atoms with Gasteiger partial charge in [-0.1, -0.05) is 32.4 Å². The van der Waals surface area contributed by atoms with E-state index >= 15 is 0 Å². The van der Waals surface area contributed by atoms with Crippen LogP contribution in [0.15, 0.2) is 36.4 Å². The lowest BCUT2D eigenvalue weighted by molar-refractivity contribution is -0.147. The number of ether oxygens (including phenoxy) is 3. The van der Waals surface area contributed by atoms with Crippen LogP contribution < -0.4 is 9.47 Å². The van der Waals surface area contributed by atoms with Gasteiger partial charge in [-0.15, -0.1) is 0 Å². The standard InChI is InChI=1S/C28H38O7/c1-18(2)6-9-21(22-10-13-26(32)28(16-22)34-5)15-23(30)17-24(35-19(3)29)11-7-20-8-12-25(31)27(14-20)33-4/h8,10,12-14,16,18,21,24,31-32H,6-7,9,11,15,17H2,1-5H3. The van der Waals surface area contributed by atoms with Gasteiger partial charge in [0.2, 0.25) is 0 Å². The molecule has 0 bridgehead atoms. The maximum Gasteiger partial charge on any atom is 0.302 e. The van der Waals surface area contributed by atoms with Gasteiger partial charge in [0.05, 0.1) is 14.2 Å². The Morgan fingerprint density at radius 1 is 0.857 bits per heavy atom. The van der Waals surface area contributed by atoms with Gasteiger partial charge in [0.25, 0.3) is 0 Å².